The SMILES string of the molecule is COc1ccc(F)cc1-c1csc(NC(=O)c2cn[nH]c2-c2ccc(F)cc2)n1. The normalized spacial score (nSPS) is 10.7. The molecule has 0 aliphatic rings. The Hall–Kier alpha value is -3.59. The zero-order chi connectivity index (χ0) is 20.4. The molecule has 0 fully saturated rings. The molecule has 0 aliphatic heterocycles. The van der Waals surface area contributed by atoms with Crippen LogP contribution < -0.4 is 10.1 Å². The van der Waals surface area contributed by atoms with Crippen LogP contribution in [0.15, 0.2) is 54.0 Å². The number of halogens is 2. The van der Waals surface area contributed by atoms with Crippen LogP contribution >= 0.6 is 11.3 Å². The molecule has 0 aliphatic carbocycles. The van der Waals surface area contributed by atoms with Crippen molar-refractivity contribution >= 4 is 22.4 Å². The second-order valence-electron chi connectivity index (χ2n) is 6.00. The minimum Gasteiger partial charge on any atom is -0.496 e. The van der Waals surface area contributed by atoms with Gasteiger partial charge in [-0.25, -0.2) is 13.8 Å². The third-order valence-corrected chi connectivity index (χ3v) is 4.94. The molecule has 146 valence electrons. The maximum absolute atomic E-state index is 13.6. The second kappa shape index (κ2) is 7.80. The van der Waals surface area contributed by atoms with E-state index in [9.17, 15) is 13.6 Å². The van der Waals surface area contributed by atoms with Crippen LogP contribution in [0.25, 0.3) is 22.5 Å². The lowest BCUT2D eigenvalue weighted by molar-refractivity contribution is 0.102. The molecular weight excluding hydrogens is 398 g/mol. The van der Waals surface area contributed by atoms with Crippen LogP contribution in [0.2, 0.25) is 0 Å². The number of carbonyl (C=O) groups is 1. The highest BCUT2D eigenvalue weighted by Gasteiger charge is 2.18. The van der Waals surface area contributed by atoms with E-state index in [4.69, 9.17) is 4.74 Å². The lowest BCUT2D eigenvalue weighted by Gasteiger charge is -2.06. The molecule has 9 heteroatoms. The maximum atomic E-state index is 13.6. The number of thiazole rings is 1. The summed E-state index contributed by atoms with van der Waals surface area (Å²) in [6.45, 7) is 0. The third kappa shape index (κ3) is 3.85. The number of nitrogens with zero attached hydrogens (tertiary/aromatic N) is 2. The topological polar surface area (TPSA) is 79.9 Å². The van der Waals surface area contributed by atoms with Crippen molar-refractivity contribution in [3.63, 3.8) is 0 Å². The molecule has 4 aromatic rings. The van der Waals surface area contributed by atoms with E-state index in [1.807, 2.05) is 0 Å². The number of nitrogens with one attached hydrogen (secondary N) is 2. The minimum absolute atomic E-state index is 0.289. The third-order valence-electron chi connectivity index (χ3n) is 4.18. The second-order valence-corrected chi connectivity index (χ2v) is 6.86. The molecule has 29 heavy (non-hydrogen) atoms. The summed E-state index contributed by atoms with van der Waals surface area (Å²) in [6, 6.07) is 9.85. The molecule has 0 atom stereocenters. The molecule has 1 amide bonds. The lowest BCUT2D eigenvalue weighted by atomic mass is 10.1. The van der Waals surface area contributed by atoms with Gasteiger partial charge in [0.2, 0.25) is 0 Å². The van der Waals surface area contributed by atoms with Crippen LogP contribution in [0.4, 0.5) is 13.9 Å². The first-order chi connectivity index (χ1) is 14.0. The number of aromatic nitrogens is 3. The van der Waals surface area contributed by atoms with Gasteiger partial charge in [0.1, 0.15) is 17.4 Å². The Morgan fingerprint density at radius 3 is 2.66 bits per heavy atom. The first kappa shape index (κ1) is 18.8. The predicted molar refractivity (Wildman–Crippen MR) is 106 cm³/mol. The summed E-state index contributed by atoms with van der Waals surface area (Å²) in [5.74, 6) is -0.739. The summed E-state index contributed by atoms with van der Waals surface area (Å²) in [5.41, 5.74) is 2.34. The van der Waals surface area contributed by atoms with Crippen molar-refractivity contribution in [3.05, 3.63) is 71.2 Å². The van der Waals surface area contributed by atoms with Crippen molar-refractivity contribution in [1.29, 1.82) is 0 Å². The number of amides is 1. The lowest BCUT2D eigenvalue weighted by Crippen LogP contribution is -2.12. The standard InChI is InChI=1S/C20H14F2N4O2S/c1-28-17-7-6-13(22)8-14(17)16-10-29-20(24-16)25-19(27)15-9-23-26-18(15)11-2-4-12(21)5-3-11/h2-10H,1H3,(H,23,26)(H,24,25,27). The summed E-state index contributed by atoms with van der Waals surface area (Å²) >= 11 is 1.20. The van der Waals surface area contributed by atoms with Crippen LogP contribution in [0.3, 0.4) is 0 Å². The predicted octanol–water partition coefficient (Wildman–Crippen LogP) is 4.74. The number of hydrogen-bond acceptors (Lipinski definition) is 5. The van der Waals surface area contributed by atoms with Gasteiger partial charge >= 0.3 is 0 Å². The van der Waals surface area contributed by atoms with Crippen LogP contribution in [0.1, 0.15) is 10.4 Å². The molecule has 0 saturated heterocycles. The molecule has 0 saturated carbocycles. The van der Waals surface area contributed by atoms with E-state index in [1.54, 1.807) is 17.5 Å². The Labute approximate surface area is 168 Å². The van der Waals surface area contributed by atoms with Crippen LogP contribution in [-0.2, 0) is 0 Å². The summed E-state index contributed by atoms with van der Waals surface area (Å²) in [5, 5.41) is 11.4. The van der Waals surface area contributed by atoms with Gasteiger partial charge in [-0.2, -0.15) is 5.10 Å². The Morgan fingerprint density at radius 1 is 1.14 bits per heavy atom. The van der Waals surface area contributed by atoms with Gasteiger partial charge in [-0.3, -0.25) is 15.2 Å². The number of rotatable bonds is 5. The average molecular weight is 412 g/mol. The van der Waals surface area contributed by atoms with E-state index in [0.29, 0.717) is 33.4 Å². The van der Waals surface area contributed by atoms with Crippen LogP contribution in [0, 0.1) is 11.6 Å². The fourth-order valence-electron chi connectivity index (χ4n) is 2.79. The van der Waals surface area contributed by atoms with Crippen molar-refractivity contribution in [2.24, 2.45) is 0 Å². The zero-order valence-electron chi connectivity index (χ0n) is 15.1. The molecular formula is C20H14F2N4O2S. The molecule has 4 rings (SSSR count). The molecule has 2 N–H and O–H groups in total. The largest absolute Gasteiger partial charge is 0.496 e. The Kier molecular flexibility index (Phi) is 5.05. The molecule has 0 bridgehead atoms. The van der Waals surface area contributed by atoms with E-state index >= 15 is 0 Å². The Bertz CT molecular complexity index is 1170. The number of aromatic amines is 1. The summed E-state index contributed by atoms with van der Waals surface area (Å²) in [7, 11) is 1.49. The van der Waals surface area contributed by atoms with Gasteiger partial charge in [0, 0.05) is 16.5 Å². The van der Waals surface area contributed by atoms with E-state index in [0.717, 1.165) is 0 Å². The summed E-state index contributed by atoms with van der Waals surface area (Å²) < 4.78 is 32.0. The van der Waals surface area contributed by atoms with Crippen molar-refractivity contribution < 1.29 is 18.3 Å². The van der Waals surface area contributed by atoms with Gasteiger partial charge in [-0.1, -0.05) is 0 Å². The van der Waals surface area contributed by atoms with Gasteiger partial charge in [0.25, 0.3) is 5.91 Å². The first-order valence-corrected chi connectivity index (χ1v) is 9.33. The van der Waals surface area contributed by atoms with Crippen LogP contribution in [-0.4, -0.2) is 28.2 Å². The molecule has 0 radical (unpaired) electrons. The number of H-pyrrole nitrogens is 1. The number of hydrogen-bond donors (Lipinski definition) is 2. The first-order valence-electron chi connectivity index (χ1n) is 8.45. The number of methoxy groups -OCH3 is 1. The molecule has 2 heterocycles. The molecule has 0 spiro atoms. The number of ether oxygens (including phenoxy) is 1. The van der Waals surface area contributed by atoms with E-state index in [1.165, 1.54) is 55.0 Å². The van der Waals surface area contributed by atoms with Gasteiger partial charge in [-0.15, -0.1) is 11.3 Å². The summed E-state index contributed by atoms with van der Waals surface area (Å²) in [6.07, 6.45) is 1.39. The molecule has 0 unspecified atom stereocenters. The van der Waals surface area contributed by atoms with E-state index < -0.39 is 11.7 Å². The highest BCUT2D eigenvalue weighted by Crippen LogP contribution is 2.33. The monoisotopic (exact) mass is 412 g/mol. The zero-order valence-corrected chi connectivity index (χ0v) is 15.9. The fourth-order valence-corrected chi connectivity index (χ4v) is 3.50. The number of anilines is 1. The maximum Gasteiger partial charge on any atom is 0.261 e. The Morgan fingerprint density at radius 2 is 1.90 bits per heavy atom. The fraction of sp³-hybridized carbons (Fsp3) is 0.0500. The van der Waals surface area contributed by atoms with Gasteiger partial charge < -0.3 is 4.74 Å². The quantitative estimate of drug-likeness (QED) is 0.496. The molecule has 6 nitrogen and oxygen atoms in total. The highest BCUT2D eigenvalue weighted by atomic mass is 32.1. The van der Waals surface area contributed by atoms with Crippen molar-refractivity contribution in [3.8, 4) is 28.3 Å². The van der Waals surface area contributed by atoms with E-state index in [-0.39, 0.29) is 11.4 Å². The van der Waals surface area contributed by atoms with Crippen molar-refractivity contribution in [1.82, 2.24) is 15.2 Å². The number of benzene rings is 2. The molecule has 2 aromatic carbocycles. The Balaban J connectivity index is 1.58. The van der Waals surface area contributed by atoms with Gasteiger partial charge in [-0.05, 0) is 42.5 Å². The van der Waals surface area contributed by atoms with Crippen LogP contribution in [0.5, 0.6) is 5.75 Å². The minimum atomic E-state index is -0.426. The van der Waals surface area contributed by atoms with Gasteiger partial charge in [0.05, 0.1) is 30.3 Å². The highest BCUT2D eigenvalue weighted by molar-refractivity contribution is 7.14. The van der Waals surface area contributed by atoms with Crippen molar-refractivity contribution in [2.75, 3.05) is 12.4 Å². The van der Waals surface area contributed by atoms with Gasteiger partial charge in [0.15, 0.2) is 5.13 Å². The van der Waals surface area contributed by atoms with E-state index in [2.05, 4.69) is 20.5 Å². The average Bonchev–Trinajstić information content (AvgIpc) is 3.38. The summed E-state index contributed by atoms with van der Waals surface area (Å²) in [4.78, 5) is 17.0. The smallest absolute Gasteiger partial charge is 0.261 e. The van der Waals surface area contributed by atoms with Crippen molar-refractivity contribution in [2.45, 2.75) is 0 Å². The number of carbonyl (C=O) groups excluding carboxylic acids is 1. The molecule has 2 aromatic heterocycles.